The van der Waals surface area contributed by atoms with Crippen LogP contribution < -0.4 is 15.4 Å². The van der Waals surface area contributed by atoms with Gasteiger partial charge in [-0.25, -0.2) is 17.9 Å². The van der Waals surface area contributed by atoms with Crippen LogP contribution >= 0.6 is 0 Å². The lowest BCUT2D eigenvalue weighted by Gasteiger charge is -2.12. The summed E-state index contributed by atoms with van der Waals surface area (Å²) in [4.78, 5) is 11.9. The van der Waals surface area contributed by atoms with Gasteiger partial charge in [0.1, 0.15) is 0 Å². The molecular weight excluding hydrogens is 306 g/mol. The van der Waals surface area contributed by atoms with Crippen molar-refractivity contribution in [3.8, 4) is 0 Å². The first kappa shape index (κ1) is 16.7. The normalized spacial score (nSPS) is 18.1. The van der Waals surface area contributed by atoms with E-state index in [1.54, 1.807) is 12.1 Å². The van der Waals surface area contributed by atoms with Crippen LogP contribution in [0.1, 0.15) is 18.4 Å². The molecule has 0 aromatic heterocycles. The lowest BCUT2D eigenvalue weighted by Crippen LogP contribution is -2.39. The molecule has 0 spiro atoms. The number of carbonyl (C=O) groups is 1. The fourth-order valence-corrected chi connectivity index (χ4v) is 3.00. The van der Waals surface area contributed by atoms with Gasteiger partial charge in [-0.3, -0.25) is 0 Å². The van der Waals surface area contributed by atoms with E-state index >= 15 is 0 Å². The third-order valence-electron chi connectivity index (χ3n) is 3.44. The number of rotatable bonds is 6. The topological polar surface area (TPSA) is 96.5 Å². The largest absolute Gasteiger partial charge is 0.376 e. The third-order valence-corrected chi connectivity index (χ3v) is 4.86. The van der Waals surface area contributed by atoms with E-state index in [9.17, 15) is 13.2 Å². The molecule has 0 saturated carbocycles. The monoisotopic (exact) mass is 327 g/mol. The van der Waals surface area contributed by atoms with E-state index in [0.717, 1.165) is 19.4 Å². The van der Waals surface area contributed by atoms with Crippen LogP contribution in [-0.2, 0) is 21.3 Å². The first-order chi connectivity index (χ1) is 10.5. The summed E-state index contributed by atoms with van der Waals surface area (Å²) in [5.74, 6) is 0. The molecule has 2 amide bonds. The number of sulfonamides is 1. The molecule has 0 aliphatic carbocycles. The van der Waals surface area contributed by atoms with Crippen molar-refractivity contribution in [2.24, 2.45) is 0 Å². The number of urea groups is 1. The van der Waals surface area contributed by atoms with E-state index in [-0.39, 0.29) is 23.6 Å². The van der Waals surface area contributed by atoms with E-state index in [2.05, 4.69) is 15.4 Å². The van der Waals surface area contributed by atoms with Gasteiger partial charge in [-0.1, -0.05) is 12.1 Å². The molecule has 2 rings (SSSR count). The van der Waals surface area contributed by atoms with Gasteiger partial charge in [0.05, 0.1) is 11.0 Å². The van der Waals surface area contributed by atoms with Gasteiger partial charge in [-0.15, -0.1) is 0 Å². The minimum Gasteiger partial charge on any atom is -0.376 e. The molecule has 8 heteroatoms. The van der Waals surface area contributed by atoms with Crippen molar-refractivity contribution < 1.29 is 17.9 Å². The molecule has 1 heterocycles. The molecule has 1 aromatic rings. The van der Waals surface area contributed by atoms with Crippen molar-refractivity contribution in [1.82, 2.24) is 15.4 Å². The lowest BCUT2D eigenvalue weighted by molar-refractivity contribution is 0.111. The highest BCUT2D eigenvalue weighted by atomic mass is 32.2. The standard InChI is InChI=1S/C14H21N3O4S/c1-15-22(19,20)13-6-2-4-11(8-13)9-16-14(18)17-10-12-5-3-7-21-12/h2,4,6,8,12,15H,3,5,7,9-10H2,1H3,(H2,16,17,18). The molecule has 7 nitrogen and oxygen atoms in total. The molecular formula is C14H21N3O4S. The Morgan fingerprint density at radius 3 is 2.86 bits per heavy atom. The van der Waals surface area contributed by atoms with Gasteiger partial charge in [0.15, 0.2) is 0 Å². The summed E-state index contributed by atoms with van der Waals surface area (Å²) in [7, 11) is -2.12. The van der Waals surface area contributed by atoms with Gasteiger partial charge in [0.25, 0.3) is 0 Å². The number of nitrogens with one attached hydrogen (secondary N) is 3. The number of carbonyl (C=O) groups excluding carboxylic acids is 1. The number of ether oxygens (including phenoxy) is 1. The molecule has 1 unspecified atom stereocenters. The van der Waals surface area contributed by atoms with Crippen LogP contribution in [-0.4, -0.2) is 40.8 Å². The Bertz CT molecular complexity index is 612. The third kappa shape index (κ3) is 4.69. The molecule has 1 fully saturated rings. The average molecular weight is 327 g/mol. The minimum absolute atomic E-state index is 0.0925. The van der Waals surface area contributed by atoms with Crippen LogP contribution in [0, 0.1) is 0 Å². The fraction of sp³-hybridized carbons (Fsp3) is 0.500. The van der Waals surface area contributed by atoms with Crippen molar-refractivity contribution in [2.45, 2.75) is 30.4 Å². The minimum atomic E-state index is -3.48. The van der Waals surface area contributed by atoms with E-state index < -0.39 is 10.0 Å². The van der Waals surface area contributed by atoms with Crippen LogP contribution in [0.4, 0.5) is 4.79 Å². The van der Waals surface area contributed by atoms with Gasteiger partial charge in [0.2, 0.25) is 10.0 Å². The Morgan fingerprint density at radius 2 is 2.18 bits per heavy atom. The Balaban J connectivity index is 1.83. The van der Waals surface area contributed by atoms with E-state index in [1.165, 1.54) is 19.2 Å². The van der Waals surface area contributed by atoms with Gasteiger partial charge >= 0.3 is 6.03 Å². The summed E-state index contributed by atoms with van der Waals surface area (Å²) in [5, 5.41) is 5.44. The second-order valence-electron chi connectivity index (χ2n) is 5.05. The smallest absolute Gasteiger partial charge is 0.315 e. The number of hydrogen-bond acceptors (Lipinski definition) is 4. The molecule has 1 aromatic carbocycles. The Labute approximate surface area is 130 Å². The molecule has 1 aliphatic rings. The van der Waals surface area contributed by atoms with Crippen LogP contribution in [0.5, 0.6) is 0 Å². The number of hydrogen-bond donors (Lipinski definition) is 3. The van der Waals surface area contributed by atoms with E-state index in [0.29, 0.717) is 12.1 Å². The first-order valence-corrected chi connectivity index (χ1v) is 8.65. The maximum Gasteiger partial charge on any atom is 0.315 e. The summed E-state index contributed by atoms with van der Waals surface area (Å²) >= 11 is 0. The predicted molar refractivity (Wildman–Crippen MR) is 81.9 cm³/mol. The van der Waals surface area contributed by atoms with Crippen LogP contribution in [0.15, 0.2) is 29.2 Å². The van der Waals surface area contributed by atoms with E-state index in [1.807, 2.05) is 0 Å². The van der Waals surface area contributed by atoms with Crippen molar-refractivity contribution >= 4 is 16.1 Å². The molecule has 1 atom stereocenters. The lowest BCUT2D eigenvalue weighted by atomic mass is 10.2. The quantitative estimate of drug-likeness (QED) is 0.712. The zero-order valence-electron chi connectivity index (χ0n) is 12.5. The average Bonchev–Trinajstić information content (AvgIpc) is 3.04. The summed E-state index contributed by atoms with van der Waals surface area (Å²) < 4.78 is 31.1. The zero-order chi connectivity index (χ0) is 16.0. The van der Waals surface area contributed by atoms with Gasteiger partial charge in [0, 0.05) is 19.7 Å². The highest BCUT2D eigenvalue weighted by molar-refractivity contribution is 7.89. The predicted octanol–water partition coefficient (Wildman–Crippen LogP) is 0.573. The van der Waals surface area contributed by atoms with E-state index in [4.69, 9.17) is 4.74 Å². The summed E-state index contributed by atoms with van der Waals surface area (Å²) in [5.41, 5.74) is 0.712. The van der Waals surface area contributed by atoms with Crippen LogP contribution in [0.3, 0.4) is 0 Å². The summed E-state index contributed by atoms with van der Waals surface area (Å²) in [6.07, 6.45) is 2.08. The van der Waals surface area contributed by atoms with Crippen LogP contribution in [0.25, 0.3) is 0 Å². The van der Waals surface area contributed by atoms with Gasteiger partial charge < -0.3 is 15.4 Å². The molecule has 0 radical (unpaired) electrons. The second kappa shape index (κ2) is 7.57. The van der Waals surface area contributed by atoms with Gasteiger partial charge in [-0.05, 0) is 37.6 Å². The molecule has 3 N–H and O–H groups in total. The van der Waals surface area contributed by atoms with Gasteiger partial charge in [-0.2, -0.15) is 0 Å². The molecule has 1 saturated heterocycles. The zero-order valence-corrected chi connectivity index (χ0v) is 13.3. The fourth-order valence-electron chi connectivity index (χ4n) is 2.20. The number of amides is 2. The Kier molecular flexibility index (Phi) is 5.76. The maximum atomic E-state index is 11.7. The van der Waals surface area contributed by atoms with Crippen LogP contribution in [0.2, 0.25) is 0 Å². The molecule has 1 aliphatic heterocycles. The highest BCUT2D eigenvalue weighted by Crippen LogP contribution is 2.11. The van der Waals surface area contributed by atoms with Crippen molar-refractivity contribution in [3.63, 3.8) is 0 Å². The maximum absolute atomic E-state index is 11.7. The Hall–Kier alpha value is -1.64. The Morgan fingerprint density at radius 1 is 1.36 bits per heavy atom. The first-order valence-electron chi connectivity index (χ1n) is 7.17. The summed E-state index contributed by atoms with van der Waals surface area (Å²) in [6, 6.07) is 6.15. The molecule has 0 bridgehead atoms. The summed E-state index contributed by atoms with van der Waals surface area (Å²) in [6.45, 7) is 1.49. The second-order valence-corrected chi connectivity index (χ2v) is 6.94. The molecule has 22 heavy (non-hydrogen) atoms. The van der Waals surface area contributed by atoms with Crippen molar-refractivity contribution in [2.75, 3.05) is 20.2 Å². The molecule has 122 valence electrons. The SMILES string of the molecule is CNS(=O)(=O)c1cccc(CNC(=O)NCC2CCCO2)c1. The number of benzene rings is 1. The van der Waals surface area contributed by atoms with Crippen molar-refractivity contribution in [1.29, 1.82) is 0 Å². The van der Waals surface area contributed by atoms with Crippen molar-refractivity contribution in [3.05, 3.63) is 29.8 Å². The highest BCUT2D eigenvalue weighted by Gasteiger charge is 2.16.